The van der Waals surface area contributed by atoms with E-state index in [4.69, 9.17) is 0 Å². The highest BCUT2D eigenvalue weighted by Gasteiger charge is 2.18. The third-order valence-corrected chi connectivity index (χ3v) is 2.93. The minimum Gasteiger partial charge on any atom is -0.343 e. The van der Waals surface area contributed by atoms with E-state index in [1.165, 1.54) is 12.8 Å². The molecule has 17 heavy (non-hydrogen) atoms. The molecule has 2 heterocycles. The van der Waals surface area contributed by atoms with Gasteiger partial charge in [0.1, 0.15) is 0 Å². The van der Waals surface area contributed by atoms with Crippen LogP contribution < -0.4 is 0 Å². The van der Waals surface area contributed by atoms with Crippen LogP contribution in [-0.2, 0) is 11.3 Å². The van der Waals surface area contributed by atoms with Crippen molar-refractivity contribution in [3.8, 4) is 0 Å². The second-order valence-corrected chi connectivity index (χ2v) is 4.46. The first kappa shape index (κ1) is 12.0. The van der Waals surface area contributed by atoms with Crippen LogP contribution in [0.1, 0.15) is 25.1 Å². The summed E-state index contributed by atoms with van der Waals surface area (Å²) in [6.45, 7) is 2.74. The van der Waals surface area contributed by atoms with Crippen LogP contribution in [0.4, 0.5) is 0 Å². The fraction of sp³-hybridized carbons (Fsp3) is 0.727. The van der Waals surface area contributed by atoms with Crippen molar-refractivity contribution >= 4 is 5.91 Å². The van der Waals surface area contributed by atoms with Crippen molar-refractivity contribution < 1.29 is 9.32 Å². The number of nitrogens with zero attached hydrogens (tertiary/aromatic N) is 4. The van der Waals surface area contributed by atoms with Crippen LogP contribution in [0.2, 0.25) is 0 Å². The third kappa shape index (κ3) is 3.52. The van der Waals surface area contributed by atoms with E-state index in [1.54, 1.807) is 0 Å². The number of carbonyl (C=O) groups excluding carboxylic acids is 1. The minimum absolute atomic E-state index is 0.190. The van der Waals surface area contributed by atoms with Gasteiger partial charge in [-0.15, -0.1) is 0 Å². The summed E-state index contributed by atoms with van der Waals surface area (Å²) < 4.78 is 4.65. The lowest BCUT2D eigenvalue weighted by Crippen LogP contribution is -2.41. The number of carbonyl (C=O) groups is 1. The Bertz CT molecular complexity index is 346. The number of aromatic nitrogens is 2. The van der Waals surface area contributed by atoms with Crippen molar-refractivity contribution in [1.82, 2.24) is 19.9 Å². The normalized spacial score (nSPS) is 16.5. The van der Waals surface area contributed by atoms with Crippen LogP contribution in [0.5, 0.6) is 0 Å². The van der Waals surface area contributed by atoms with E-state index in [2.05, 4.69) is 14.7 Å². The summed E-state index contributed by atoms with van der Waals surface area (Å²) in [4.78, 5) is 19.7. The van der Waals surface area contributed by atoms with Gasteiger partial charge >= 0.3 is 0 Å². The van der Waals surface area contributed by atoms with Gasteiger partial charge in [0, 0.05) is 13.1 Å². The predicted molar refractivity (Wildman–Crippen MR) is 61.1 cm³/mol. The fourth-order valence-electron chi connectivity index (χ4n) is 2.03. The first-order valence-corrected chi connectivity index (χ1v) is 5.97. The molecule has 0 spiro atoms. The van der Waals surface area contributed by atoms with E-state index in [0.29, 0.717) is 18.9 Å². The van der Waals surface area contributed by atoms with Crippen molar-refractivity contribution in [1.29, 1.82) is 0 Å². The van der Waals surface area contributed by atoms with Gasteiger partial charge in [-0.05, 0) is 26.3 Å². The second-order valence-electron chi connectivity index (χ2n) is 4.46. The number of piperidine rings is 1. The van der Waals surface area contributed by atoms with E-state index in [-0.39, 0.29) is 5.91 Å². The number of hydrogen-bond donors (Lipinski definition) is 0. The van der Waals surface area contributed by atoms with Crippen LogP contribution in [0.3, 0.4) is 0 Å². The molecule has 1 fully saturated rings. The number of likely N-dealkylation sites (tertiary alicyclic amines) is 1. The van der Waals surface area contributed by atoms with Crippen LogP contribution >= 0.6 is 0 Å². The highest BCUT2D eigenvalue weighted by Crippen LogP contribution is 2.09. The molecular weight excluding hydrogens is 220 g/mol. The van der Waals surface area contributed by atoms with Gasteiger partial charge in [-0.25, -0.2) is 0 Å². The molecule has 0 radical (unpaired) electrons. The number of amides is 1. The van der Waals surface area contributed by atoms with Crippen molar-refractivity contribution in [2.24, 2.45) is 0 Å². The lowest BCUT2D eigenvalue weighted by Gasteiger charge is -2.28. The average molecular weight is 238 g/mol. The largest absolute Gasteiger partial charge is 0.343 e. The monoisotopic (exact) mass is 238 g/mol. The van der Waals surface area contributed by atoms with E-state index >= 15 is 0 Å². The second kappa shape index (κ2) is 5.77. The molecule has 6 heteroatoms. The maximum Gasteiger partial charge on any atom is 0.236 e. The van der Waals surface area contributed by atoms with Gasteiger partial charge in [0.15, 0.2) is 5.82 Å². The molecule has 94 valence electrons. The van der Waals surface area contributed by atoms with Crippen LogP contribution in [-0.4, -0.2) is 52.5 Å². The van der Waals surface area contributed by atoms with Crippen LogP contribution in [0.15, 0.2) is 10.9 Å². The summed E-state index contributed by atoms with van der Waals surface area (Å²) in [6.07, 6.45) is 4.79. The quantitative estimate of drug-likeness (QED) is 0.765. The van der Waals surface area contributed by atoms with Gasteiger partial charge in [-0.1, -0.05) is 5.16 Å². The summed E-state index contributed by atoms with van der Waals surface area (Å²) >= 11 is 0. The highest BCUT2D eigenvalue weighted by molar-refractivity contribution is 5.78. The van der Waals surface area contributed by atoms with Gasteiger partial charge in [-0.3, -0.25) is 9.69 Å². The Hall–Kier alpha value is -1.43. The summed E-state index contributed by atoms with van der Waals surface area (Å²) in [5.74, 6) is 0.801. The molecule has 0 aromatic carbocycles. The summed E-state index contributed by atoms with van der Waals surface area (Å²) in [5.41, 5.74) is 0. The lowest BCUT2D eigenvalue weighted by molar-refractivity contribution is -0.133. The molecule has 0 aliphatic carbocycles. The summed E-state index contributed by atoms with van der Waals surface area (Å²) in [6, 6.07) is 0. The molecule has 6 nitrogen and oxygen atoms in total. The summed E-state index contributed by atoms with van der Waals surface area (Å²) in [7, 11) is 1.89. The predicted octanol–water partition coefficient (Wildman–Crippen LogP) is 0.514. The van der Waals surface area contributed by atoms with Gasteiger partial charge < -0.3 is 9.42 Å². The first-order valence-electron chi connectivity index (χ1n) is 5.97. The van der Waals surface area contributed by atoms with Crippen LogP contribution in [0, 0.1) is 0 Å². The Labute approximate surface area is 101 Å². The molecule has 0 N–H and O–H groups in total. The number of likely N-dealkylation sites (N-methyl/N-ethyl adjacent to an activating group) is 1. The first-order chi connectivity index (χ1) is 8.25. The Morgan fingerprint density at radius 2 is 2.24 bits per heavy atom. The zero-order valence-corrected chi connectivity index (χ0v) is 10.1. The molecule has 0 saturated carbocycles. The zero-order chi connectivity index (χ0) is 12.1. The maximum atomic E-state index is 12.0. The standard InChI is InChI=1S/C11H18N4O2/c1-14(7-10-12-9-17-13-10)8-11(16)15-5-3-2-4-6-15/h9H,2-8H2,1H3. The van der Waals surface area contributed by atoms with Crippen molar-refractivity contribution in [3.63, 3.8) is 0 Å². The molecule has 0 atom stereocenters. The van der Waals surface area contributed by atoms with E-state index in [0.717, 1.165) is 25.9 Å². The molecule has 1 amide bonds. The molecule has 0 bridgehead atoms. The lowest BCUT2D eigenvalue weighted by atomic mass is 10.1. The minimum atomic E-state index is 0.190. The third-order valence-electron chi connectivity index (χ3n) is 2.93. The Morgan fingerprint density at radius 1 is 1.47 bits per heavy atom. The van der Waals surface area contributed by atoms with Gasteiger partial charge in [0.05, 0.1) is 13.1 Å². The zero-order valence-electron chi connectivity index (χ0n) is 10.1. The molecule has 2 rings (SSSR count). The molecule has 0 unspecified atom stereocenters. The van der Waals surface area contributed by atoms with Gasteiger partial charge in [-0.2, -0.15) is 4.98 Å². The van der Waals surface area contributed by atoms with Crippen molar-refractivity contribution in [2.45, 2.75) is 25.8 Å². The van der Waals surface area contributed by atoms with Crippen molar-refractivity contribution in [3.05, 3.63) is 12.2 Å². The fourth-order valence-corrected chi connectivity index (χ4v) is 2.03. The van der Waals surface area contributed by atoms with E-state index in [1.807, 2.05) is 16.8 Å². The Balaban J connectivity index is 1.77. The maximum absolute atomic E-state index is 12.0. The Morgan fingerprint density at radius 3 is 2.88 bits per heavy atom. The summed E-state index contributed by atoms with van der Waals surface area (Å²) in [5, 5.41) is 3.72. The molecule has 1 aromatic heterocycles. The van der Waals surface area contributed by atoms with Gasteiger partial charge in [0.25, 0.3) is 0 Å². The topological polar surface area (TPSA) is 62.5 Å². The smallest absolute Gasteiger partial charge is 0.236 e. The van der Waals surface area contributed by atoms with Crippen LogP contribution in [0.25, 0.3) is 0 Å². The van der Waals surface area contributed by atoms with Crippen molar-refractivity contribution in [2.75, 3.05) is 26.7 Å². The van der Waals surface area contributed by atoms with Gasteiger partial charge in [0.2, 0.25) is 12.3 Å². The van der Waals surface area contributed by atoms with E-state index < -0.39 is 0 Å². The molecule has 1 saturated heterocycles. The molecule has 1 aromatic rings. The molecule has 1 aliphatic heterocycles. The molecular formula is C11H18N4O2. The number of rotatable bonds is 4. The average Bonchev–Trinajstić information content (AvgIpc) is 2.82. The Kier molecular flexibility index (Phi) is 4.08. The highest BCUT2D eigenvalue weighted by atomic mass is 16.5. The number of hydrogen-bond acceptors (Lipinski definition) is 5. The van der Waals surface area contributed by atoms with E-state index in [9.17, 15) is 4.79 Å². The molecule has 1 aliphatic rings. The SMILES string of the molecule is CN(CC(=O)N1CCCCC1)Cc1ncon1.